The normalized spacial score (nSPS) is 13.1. The predicted molar refractivity (Wildman–Crippen MR) is 64.3 cm³/mol. The minimum absolute atomic E-state index is 0.173. The lowest BCUT2D eigenvalue weighted by molar-refractivity contribution is -0.217. The number of benzene rings is 1. The predicted octanol–water partition coefficient (Wildman–Crippen LogP) is 2.45. The first kappa shape index (κ1) is 15.3. The molecule has 0 aromatic heterocycles. The lowest BCUT2D eigenvalue weighted by Gasteiger charge is -2.17. The number of methoxy groups -OCH3 is 1. The number of amidine groups is 1. The van der Waals surface area contributed by atoms with Gasteiger partial charge in [0.15, 0.2) is 6.10 Å². The molecular formula is C12H15F3N2O2. The Kier molecular flexibility index (Phi) is 4.77. The first-order chi connectivity index (χ1) is 8.75. The van der Waals surface area contributed by atoms with Gasteiger partial charge in [-0.2, -0.15) is 13.2 Å². The summed E-state index contributed by atoms with van der Waals surface area (Å²) in [5.74, 6) is 0.154. The molecule has 7 heteroatoms. The number of halogens is 3. The van der Waals surface area contributed by atoms with Gasteiger partial charge in [-0.05, 0) is 24.6 Å². The van der Waals surface area contributed by atoms with Gasteiger partial charge in [-0.1, -0.05) is 6.07 Å². The first-order valence-corrected chi connectivity index (χ1v) is 5.45. The monoisotopic (exact) mass is 276 g/mol. The summed E-state index contributed by atoms with van der Waals surface area (Å²) in [6.07, 6.45) is -6.23. The molecule has 106 valence electrons. The topological polar surface area (TPSA) is 68.3 Å². The van der Waals surface area contributed by atoms with Crippen LogP contribution < -0.4 is 10.5 Å². The van der Waals surface area contributed by atoms with Gasteiger partial charge in [0.05, 0.1) is 19.3 Å². The summed E-state index contributed by atoms with van der Waals surface area (Å²) >= 11 is 0. The van der Waals surface area contributed by atoms with E-state index in [0.29, 0.717) is 16.9 Å². The molecule has 0 aliphatic carbocycles. The molecule has 0 aliphatic rings. The van der Waals surface area contributed by atoms with Gasteiger partial charge >= 0.3 is 6.18 Å². The Balaban J connectivity index is 2.78. The van der Waals surface area contributed by atoms with E-state index in [2.05, 4.69) is 0 Å². The Morgan fingerprint density at radius 1 is 1.42 bits per heavy atom. The molecule has 1 atom stereocenters. The van der Waals surface area contributed by atoms with Crippen LogP contribution in [0.25, 0.3) is 0 Å². The fraction of sp³-hybridized carbons (Fsp3) is 0.417. The zero-order chi connectivity index (χ0) is 14.6. The van der Waals surface area contributed by atoms with Crippen molar-refractivity contribution in [3.63, 3.8) is 0 Å². The van der Waals surface area contributed by atoms with Crippen LogP contribution in [0.1, 0.15) is 18.1 Å². The molecule has 19 heavy (non-hydrogen) atoms. The highest BCUT2D eigenvalue weighted by atomic mass is 19.4. The highest BCUT2D eigenvalue weighted by Gasteiger charge is 2.36. The van der Waals surface area contributed by atoms with Gasteiger partial charge < -0.3 is 15.2 Å². The van der Waals surface area contributed by atoms with Crippen LogP contribution >= 0.6 is 0 Å². The van der Waals surface area contributed by atoms with E-state index in [0.717, 1.165) is 6.92 Å². The molecule has 0 amide bonds. The Morgan fingerprint density at radius 2 is 2.05 bits per heavy atom. The van der Waals surface area contributed by atoms with E-state index >= 15 is 0 Å². The fourth-order valence-electron chi connectivity index (χ4n) is 1.36. The minimum Gasteiger partial charge on any atom is -0.496 e. The number of rotatable bonds is 5. The number of hydrogen-bond donors (Lipinski definition) is 2. The quantitative estimate of drug-likeness (QED) is 0.641. The molecule has 0 saturated carbocycles. The fourth-order valence-corrected chi connectivity index (χ4v) is 1.36. The maximum Gasteiger partial charge on any atom is 0.414 e. The lowest BCUT2D eigenvalue weighted by Crippen LogP contribution is -2.28. The van der Waals surface area contributed by atoms with Gasteiger partial charge in [-0.25, -0.2) is 0 Å². The maximum absolute atomic E-state index is 12.3. The molecule has 4 nitrogen and oxygen atoms in total. The molecule has 0 saturated heterocycles. The highest BCUT2D eigenvalue weighted by molar-refractivity contribution is 5.97. The Bertz CT molecular complexity index is 461. The zero-order valence-electron chi connectivity index (χ0n) is 10.5. The smallest absolute Gasteiger partial charge is 0.414 e. The van der Waals surface area contributed by atoms with Crippen molar-refractivity contribution in [2.24, 2.45) is 5.73 Å². The molecule has 1 aromatic carbocycles. The SMILES string of the molecule is COc1cc(COC(C)C(F)(F)F)ccc1C(=N)N. The van der Waals surface area contributed by atoms with Gasteiger partial charge in [0.2, 0.25) is 0 Å². The third-order valence-corrected chi connectivity index (χ3v) is 2.52. The standard InChI is InChI=1S/C12H15F3N2O2/c1-7(12(13,14)15)19-6-8-3-4-9(11(16)17)10(5-8)18-2/h3-5,7H,6H2,1-2H3,(H3,16,17). The number of nitrogens with one attached hydrogen (secondary N) is 1. The third kappa shape index (κ3) is 4.13. The van der Waals surface area contributed by atoms with Gasteiger partial charge in [-0.3, -0.25) is 5.41 Å². The lowest BCUT2D eigenvalue weighted by atomic mass is 10.1. The molecule has 1 aromatic rings. The number of nitrogen functional groups attached to an aromatic ring is 1. The number of ether oxygens (including phenoxy) is 2. The second kappa shape index (κ2) is 5.92. The van der Waals surface area contributed by atoms with Crippen LogP contribution in [-0.2, 0) is 11.3 Å². The minimum atomic E-state index is -4.39. The summed E-state index contributed by atoms with van der Waals surface area (Å²) in [4.78, 5) is 0. The van der Waals surface area contributed by atoms with E-state index in [1.54, 1.807) is 6.07 Å². The van der Waals surface area contributed by atoms with E-state index < -0.39 is 12.3 Å². The van der Waals surface area contributed by atoms with Gasteiger partial charge in [-0.15, -0.1) is 0 Å². The molecule has 0 fully saturated rings. The van der Waals surface area contributed by atoms with Crippen molar-refractivity contribution in [3.05, 3.63) is 29.3 Å². The van der Waals surface area contributed by atoms with E-state index in [-0.39, 0.29) is 12.4 Å². The summed E-state index contributed by atoms with van der Waals surface area (Å²) in [5, 5.41) is 7.32. The van der Waals surface area contributed by atoms with Crippen molar-refractivity contribution in [2.45, 2.75) is 25.8 Å². The Hall–Kier alpha value is -1.76. The summed E-state index contributed by atoms with van der Waals surface area (Å²) in [6, 6.07) is 4.56. The van der Waals surface area contributed by atoms with Crippen LogP contribution in [-0.4, -0.2) is 25.2 Å². The van der Waals surface area contributed by atoms with Crippen molar-refractivity contribution in [3.8, 4) is 5.75 Å². The van der Waals surface area contributed by atoms with Crippen LogP contribution in [0.5, 0.6) is 5.75 Å². The van der Waals surface area contributed by atoms with Crippen molar-refractivity contribution in [1.29, 1.82) is 5.41 Å². The summed E-state index contributed by atoms with van der Waals surface area (Å²) in [7, 11) is 1.39. The average Bonchev–Trinajstić information content (AvgIpc) is 2.33. The molecule has 1 rings (SSSR count). The second-order valence-corrected chi connectivity index (χ2v) is 3.94. The molecule has 0 heterocycles. The zero-order valence-corrected chi connectivity index (χ0v) is 10.5. The van der Waals surface area contributed by atoms with Crippen molar-refractivity contribution < 1.29 is 22.6 Å². The largest absolute Gasteiger partial charge is 0.496 e. The van der Waals surface area contributed by atoms with Gasteiger partial charge in [0.25, 0.3) is 0 Å². The van der Waals surface area contributed by atoms with Crippen LogP contribution in [0.3, 0.4) is 0 Å². The van der Waals surface area contributed by atoms with E-state index in [1.165, 1.54) is 19.2 Å². The number of nitrogens with two attached hydrogens (primary N) is 1. The summed E-state index contributed by atoms with van der Waals surface area (Å²) < 4.78 is 46.6. The number of hydrogen-bond acceptors (Lipinski definition) is 3. The molecule has 0 aliphatic heterocycles. The third-order valence-electron chi connectivity index (χ3n) is 2.52. The summed E-state index contributed by atoms with van der Waals surface area (Å²) in [5.41, 5.74) is 6.24. The molecule has 0 spiro atoms. The van der Waals surface area contributed by atoms with Crippen molar-refractivity contribution in [2.75, 3.05) is 7.11 Å². The van der Waals surface area contributed by atoms with Gasteiger partial charge in [0, 0.05) is 0 Å². The van der Waals surface area contributed by atoms with Crippen LogP contribution in [0.2, 0.25) is 0 Å². The van der Waals surface area contributed by atoms with E-state index in [1.807, 2.05) is 0 Å². The highest BCUT2D eigenvalue weighted by Crippen LogP contribution is 2.25. The molecular weight excluding hydrogens is 261 g/mol. The number of alkyl halides is 3. The molecule has 0 bridgehead atoms. The van der Waals surface area contributed by atoms with Crippen molar-refractivity contribution in [1.82, 2.24) is 0 Å². The van der Waals surface area contributed by atoms with E-state index in [9.17, 15) is 13.2 Å². The van der Waals surface area contributed by atoms with Crippen LogP contribution in [0, 0.1) is 5.41 Å². The summed E-state index contributed by atoms with van der Waals surface area (Å²) in [6.45, 7) is 0.746. The van der Waals surface area contributed by atoms with Gasteiger partial charge in [0.1, 0.15) is 11.6 Å². The Morgan fingerprint density at radius 3 is 2.53 bits per heavy atom. The van der Waals surface area contributed by atoms with E-state index in [4.69, 9.17) is 20.6 Å². The molecule has 0 radical (unpaired) electrons. The first-order valence-electron chi connectivity index (χ1n) is 5.45. The maximum atomic E-state index is 12.3. The van der Waals surface area contributed by atoms with Crippen molar-refractivity contribution >= 4 is 5.84 Å². The van der Waals surface area contributed by atoms with Crippen LogP contribution in [0.15, 0.2) is 18.2 Å². The Labute approximate surface area is 108 Å². The average molecular weight is 276 g/mol. The van der Waals surface area contributed by atoms with Crippen LogP contribution in [0.4, 0.5) is 13.2 Å². The molecule has 3 N–H and O–H groups in total. The second-order valence-electron chi connectivity index (χ2n) is 3.94. The molecule has 1 unspecified atom stereocenters.